The highest BCUT2D eigenvalue weighted by Crippen LogP contribution is 2.50. The summed E-state index contributed by atoms with van der Waals surface area (Å²) in [6, 6.07) is 163. The van der Waals surface area contributed by atoms with E-state index < -0.39 is 0 Å². The zero-order valence-electron chi connectivity index (χ0n) is 80.4. The van der Waals surface area contributed by atoms with Gasteiger partial charge in [0.15, 0.2) is 0 Å². The van der Waals surface area contributed by atoms with Crippen molar-refractivity contribution in [1.29, 1.82) is 0 Å². The van der Waals surface area contributed by atoms with Crippen LogP contribution in [0.4, 0.5) is 0 Å². The van der Waals surface area contributed by atoms with Crippen LogP contribution < -0.4 is 0 Å². The molecule has 138 heavy (non-hydrogen) atoms. The quantitative estimate of drug-likeness (QED) is 0.115. The molecule has 4 nitrogen and oxygen atoms in total. The van der Waals surface area contributed by atoms with Gasteiger partial charge in [0.1, 0.15) is 0 Å². The van der Waals surface area contributed by atoms with Gasteiger partial charge in [-0.25, -0.2) is 0 Å². The van der Waals surface area contributed by atoms with Crippen molar-refractivity contribution in [2.45, 2.75) is 105 Å². The summed E-state index contributed by atoms with van der Waals surface area (Å²) < 4.78 is 9.93. The van der Waals surface area contributed by atoms with Crippen LogP contribution in [0.25, 0.3) is 253 Å². The Morgan fingerprint density at radius 3 is 0.428 bits per heavy atom. The smallest absolute Gasteiger partial charge is 0.0496 e. The molecular weight excluding hydrogens is 1670 g/mol. The standard InChI is InChI=1S/C76H60N2.C58H48N2/c1-75(2,3)77-69-23-15-14-18-61(69)66-46-59(41-43-70(66)77)54-28-24-50(25-29-54)52-32-36-56(37-33-52)73-62-19-10-12-21-64(62)74(65-22-13-11-20-63(65)73)57-38-34-53(35-39-57)51-26-30-55(31-27-51)60-42-45-72-68(48-60)67-47-58(49-16-8-7-9-17-49)40-44-71(67)78(72)76(4,5)6;1-57(2,3)59-51-21-13-11-15-43(51)49-35-41(31-33-53(49)59)37-23-27-39(28-24-37)55-45-17-7-9-19-47(45)56(48-20-10-8-18-46(48)55)40-29-25-38(26-30-40)42-32-34-54-50(36-42)44-16-12-14-22-52(44)60(54)58(4,5)6/h7-48H,1-6H3;7-36H,1-6H3. The fourth-order valence-corrected chi connectivity index (χ4v) is 22.9. The van der Waals surface area contributed by atoms with Crippen molar-refractivity contribution in [3.63, 3.8) is 0 Å². The van der Waals surface area contributed by atoms with Gasteiger partial charge in [0, 0.05) is 109 Å². The van der Waals surface area contributed by atoms with Crippen LogP contribution in [0.2, 0.25) is 0 Å². The van der Waals surface area contributed by atoms with Crippen molar-refractivity contribution in [3.8, 4) is 122 Å². The monoisotopic (exact) mass is 1770 g/mol. The van der Waals surface area contributed by atoms with E-state index in [9.17, 15) is 0 Å². The molecule has 0 amide bonds. The van der Waals surface area contributed by atoms with Gasteiger partial charge in [-0.15, -0.1) is 0 Å². The van der Waals surface area contributed by atoms with Gasteiger partial charge in [0.05, 0.1) is 0 Å². The Hall–Kier alpha value is -16.1. The van der Waals surface area contributed by atoms with Crippen LogP contribution in [0, 0.1) is 0 Å². The van der Waals surface area contributed by atoms with Gasteiger partial charge in [0.25, 0.3) is 0 Å². The van der Waals surface area contributed by atoms with Gasteiger partial charge < -0.3 is 18.3 Å². The van der Waals surface area contributed by atoms with Crippen LogP contribution in [0.3, 0.4) is 0 Å². The summed E-state index contributed by atoms with van der Waals surface area (Å²) in [6.45, 7) is 27.5. The minimum atomic E-state index is -0.0735. The number of aromatic nitrogens is 4. The highest BCUT2D eigenvalue weighted by Gasteiger charge is 2.28. The van der Waals surface area contributed by atoms with E-state index in [0.29, 0.717) is 0 Å². The molecule has 0 atom stereocenters. The first-order valence-corrected chi connectivity index (χ1v) is 48.8. The zero-order chi connectivity index (χ0) is 93.8. The second-order valence-corrected chi connectivity index (χ2v) is 41.7. The van der Waals surface area contributed by atoms with Crippen LogP contribution >= 0.6 is 0 Å². The predicted molar refractivity (Wildman–Crippen MR) is 595 cm³/mol. The first-order chi connectivity index (χ1) is 67.0. The molecule has 0 unspecified atom stereocenters. The summed E-state index contributed by atoms with van der Waals surface area (Å²) in [5.74, 6) is 0. The van der Waals surface area contributed by atoms with Crippen molar-refractivity contribution in [2.24, 2.45) is 0 Å². The zero-order valence-corrected chi connectivity index (χ0v) is 80.4. The second-order valence-electron chi connectivity index (χ2n) is 41.7. The van der Waals surface area contributed by atoms with E-state index in [-0.39, 0.29) is 22.2 Å². The number of hydrogen-bond donors (Lipinski definition) is 0. The van der Waals surface area contributed by atoms with Crippen molar-refractivity contribution in [3.05, 3.63) is 437 Å². The summed E-state index contributed by atoms with van der Waals surface area (Å²) in [5, 5.41) is 20.4. The van der Waals surface area contributed by atoms with E-state index >= 15 is 0 Å². The molecule has 0 fully saturated rings. The number of hydrogen-bond acceptors (Lipinski definition) is 0. The summed E-state index contributed by atoms with van der Waals surface area (Å²) in [5.41, 5.74) is 37.1. The molecule has 0 N–H and O–H groups in total. The maximum atomic E-state index is 2.50. The summed E-state index contributed by atoms with van der Waals surface area (Å²) in [4.78, 5) is 0. The van der Waals surface area contributed by atoms with E-state index in [1.807, 2.05) is 0 Å². The van der Waals surface area contributed by atoms with Gasteiger partial charge in [-0.2, -0.15) is 0 Å². The number of benzene rings is 21. The molecular formula is C134H108N4. The molecule has 0 aliphatic carbocycles. The molecule has 0 radical (unpaired) electrons. The van der Waals surface area contributed by atoms with E-state index in [1.54, 1.807) is 0 Å². The Kier molecular flexibility index (Phi) is 20.2. The Balaban J connectivity index is 0.000000155. The summed E-state index contributed by atoms with van der Waals surface area (Å²) in [6.07, 6.45) is 0. The Bertz CT molecular complexity index is 8790. The maximum Gasteiger partial charge on any atom is 0.0496 e. The highest BCUT2D eigenvalue weighted by atomic mass is 15.1. The van der Waals surface area contributed by atoms with Crippen LogP contribution in [-0.4, -0.2) is 18.3 Å². The number of rotatable bonds is 11. The lowest BCUT2D eigenvalue weighted by molar-refractivity contribution is 0.423. The first-order valence-electron chi connectivity index (χ1n) is 48.8. The molecule has 0 saturated carbocycles. The lowest BCUT2D eigenvalue weighted by atomic mass is 9.85. The molecule has 0 bridgehead atoms. The maximum absolute atomic E-state index is 2.50. The van der Waals surface area contributed by atoms with E-state index in [4.69, 9.17) is 0 Å². The Morgan fingerprint density at radius 1 is 0.109 bits per heavy atom. The first kappa shape index (κ1) is 84.8. The highest BCUT2D eigenvalue weighted by molar-refractivity contribution is 6.24. The van der Waals surface area contributed by atoms with E-state index in [0.717, 1.165) is 0 Å². The average Bonchev–Trinajstić information content (AvgIpc) is 1.22. The molecule has 4 heteroatoms. The topological polar surface area (TPSA) is 19.7 Å². The Morgan fingerprint density at radius 2 is 0.239 bits per heavy atom. The van der Waals surface area contributed by atoms with Gasteiger partial charge in [-0.1, -0.05) is 358 Å². The number of para-hydroxylation sites is 3. The van der Waals surface area contributed by atoms with Crippen LogP contribution in [0.1, 0.15) is 83.1 Å². The molecule has 0 saturated heterocycles. The molecule has 664 valence electrons. The molecule has 25 rings (SSSR count). The van der Waals surface area contributed by atoms with Crippen LogP contribution in [-0.2, 0) is 22.2 Å². The minimum Gasteiger partial charge on any atom is -0.335 e. The van der Waals surface area contributed by atoms with Gasteiger partial charge >= 0.3 is 0 Å². The number of nitrogens with zero attached hydrogens (tertiary/aromatic N) is 4. The average molecular weight is 1770 g/mol. The third-order valence-corrected chi connectivity index (χ3v) is 28.9. The van der Waals surface area contributed by atoms with Crippen LogP contribution in [0.15, 0.2) is 437 Å². The molecule has 25 aromatic rings. The lowest BCUT2D eigenvalue weighted by Crippen LogP contribution is -2.21. The lowest BCUT2D eigenvalue weighted by Gasteiger charge is -2.24. The fourth-order valence-electron chi connectivity index (χ4n) is 22.9. The molecule has 4 aromatic heterocycles. The van der Waals surface area contributed by atoms with Crippen molar-refractivity contribution >= 4 is 130 Å². The molecule has 21 aromatic carbocycles. The van der Waals surface area contributed by atoms with Crippen molar-refractivity contribution in [1.82, 2.24) is 18.3 Å². The van der Waals surface area contributed by atoms with Gasteiger partial charge in [-0.3, -0.25) is 0 Å². The fraction of sp³-hybridized carbons (Fsp3) is 0.119. The predicted octanol–water partition coefficient (Wildman–Crippen LogP) is 37.8. The molecule has 0 aliphatic rings. The van der Waals surface area contributed by atoms with E-state index in [1.165, 1.54) is 253 Å². The largest absolute Gasteiger partial charge is 0.335 e. The second kappa shape index (κ2) is 32.9. The van der Waals surface area contributed by atoms with Gasteiger partial charge in [0.2, 0.25) is 0 Å². The van der Waals surface area contributed by atoms with Gasteiger partial charge in [-0.05, 0) is 327 Å². The SMILES string of the molecule is CC(C)(C)n1c2ccccc2c2cc(-c3ccc(-c4c5ccccc5c(-c5ccc(-c6ccc7c(c6)c6ccccc6n7C(C)(C)C)cc5)c5ccccc45)cc3)ccc21.CC(C)(C)n1c2ccccc2c2cc(-c3ccc(-c4ccc(-c5c6ccccc6c(-c6ccc(-c7ccc(-c8ccc9c(c8)c8cc(-c%10ccccc%10)ccc8n9C(C)(C)C)cc7)cc6)c6ccccc56)cc4)cc3)ccc21. The normalized spacial score (nSPS) is 12.3. The molecule has 0 aliphatic heterocycles. The third kappa shape index (κ3) is 14.5. The van der Waals surface area contributed by atoms with Crippen LogP contribution in [0.5, 0.6) is 0 Å². The molecule has 0 spiro atoms. The van der Waals surface area contributed by atoms with E-state index in [2.05, 4.69) is 538 Å². The third-order valence-electron chi connectivity index (χ3n) is 28.9. The molecule has 4 heterocycles. The summed E-state index contributed by atoms with van der Waals surface area (Å²) >= 11 is 0. The van der Waals surface area contributed by atoms with Crippen molar-refractivity contribution < 1.29 is 0 Å². The van der Waals surface area contributed by atoms with Crippen molar-refractivity contribution in [2.75, 3.05) is 0 Å². The summed E-state index contributed by atoms with van der Waals surface area (Å²) in [7, 11) is 0. The number of fused-ring (bicyclic) bond motifs is 16. The Labute approximate surface area is 807 Å². The minimum absolute atomic E-state index is 0.0271.